The summed E-state index contributed by atoms with van der Waals surface area (Å²) >= 11 is 0. The van der Waals surface area contributed by atoms with Crippen LogP contribution in [0.5, 0.6) is 0 Å². The van der Waals surface area contributed by atoms with Crippen LogP contribution >= 0.6 is 0 Å². The fourth-order valence-electron chi connectivity index (χ4n) is 2.07. The molecule has 0 saturated heterocycles. The summed E-state index contributed by atoms with van der Waals surface area (Å²) in [6.45, 7) is 5.56. The van der Waals surface area contributed by atoms with Gasteiger partial charge in [0.05, 0.1) is 11.3 Å². The maximum atomic E-state index is 11.8. The zero-order chi connectivity index (χ0) is 17.1. The number of carbonyl (C=O) groups is 1. The van der Waals surface area contributed by atoms with E-state index in [4.69, 9.17) is 9.47 Å². The Bertz CT molecular complexity index is 484. The molecule has 0 spiro atoms. The van der Waals surface area contributed by atoms with Crippen molar-refractivity contribution >= 4 is 11.6 Å². The summed E-state index contributed by atoms with van der Waals surface area (Å²) < 4.78 is 10.9. The second-order valence-electron chi connectivity index (χ2n) is 4.93. The smallest absolute Gasteiger partial charge is 0.269 e. The van der Waals surface area contributed by atoms with Crippen molar-refractivity contribution in [3.63, 3.8) is 0 Å². The molecule has 0 radical (unpaired) electrons. The average Bonchev–Trinajstić information content (AvgIpc) is 2.52. The number of rotatable bonds is 11. The molecule has 0 aliphatic rings. The normalized spacial score (nSPS) is 10.7. The summed E-state index contributed by atoms with van der Waals surface area (Å²) in [5.41, 5.74) is 0.765. The minimum absolute atomic E-state index is 0.0204. The molecule has 0 aliphatic carbocycles. The minimum Gasteiger partial charge on any atom is -0.356 e. The number of non-ortho nitro benzene ring substituents is 1. The number of hydrogen-bond acceptors (Lipinski definition) is 5. The predicted octanol–water partition coefficient (Wildman–Crippen LogP) is 2.43. The van der Waals surface area contributed by atoms with Crippen molar-refractivity contribution in [2.24, 2.45) is 0 Å². The molecule has 0 aromatic heterocycles. The van der Waals surface area contributed by atoms with Gasteiger partial charge in [-0.15, -0.1) is 0 Å². The zero-order valence-corrected chi connectivity index (χ0v) is 13.6. The van der Waals surface area contributed by atoms with E-state index in [2.05, 4.69) is 5.32 Å². The van der Waals surface area contributed by atoms with Gasteiger partial charge >= 0.3 is 0 Å². The van der Waals surface area contributed by atoms with Crippen molar-refractivity contribution in [3.8, 4) is 0 Å². The number of hydrogen-bond donors (Lipinski definition) is 1. The van der Waals surface area contributed by atoms with Gasteiger partial charge in [0.15, 0.2) is 6.29 Å². The van der Waals surface area contributed by atoms with Crippen LogP contribution in [0.1, 0.15) is 32.3 Å². The summed E-state index contributed by atoms with van der Waals surface area (Å²) in [5, 5.41) is 13.4. The predicted molar refractivity (Wildman–Crippen MR) is 86.1 cm³/mol. The highest BCUT2D eigenvalue weighted by molar-refractivity contribution is 5.78. The molecule has 0 aliphatic heterocycles. The number of nitrogens with one attached hydrogen (secondary N) is 1. The summed E-state index contributed by atoms with van der Waals surface area (Å²) in [6, 6.07) is 5.99. The van der Waals surface area contributed by atoms with Crippen LogP contribution in [0.4, 0.5) is 5.69 Å². The summed E-state index contributed by atoms with van der Waals surface area (Å²) in [5.74, 6) is -0.108. The second-order valence-corrected chi connectivity index (χ2v) is 4.93. The van der Waals surface area contributed by atoms with Crippen molar-refractivity contribution in [3.05, 3.63) is 39.9 Å². The van der Waals surface area contributed by atoms with Gasteiger partial charge in [0.1, 0.15) is 0 Å². The van der Waals surface area contributed by atoms with E-state index >= 15 is 0 Å². The SMILES string of the molecule is CCOC(CCCNC(=O)Cc1ccc([N+](=O)[O-])cc1)OCC. The largest absolute Gasteiger partial charge is 0.356 e. The fraction of sp³-hybridized carbons (Fsp3) is 0.562. The molecule has 0 unspecified atom stereocenters. The minimum atomic E-state index is -0.461. The van der Waals surface area contributed by atoms with E-state index in [1.54, 1.807) is 12.1 Å². The molecule has 0 fully saturated rings. The van der Waals surface area contributed by atoms with E-state index in [0.29, 0.717) is 19.8 Å². The molecule has 1 aromatic carbocycles. The van der Waals surface area contributed by atoms with Crippen molar-refractivity contribution in [2.75, 3.05) is 19.8 Å². The van der Waals surface area contributed by atoms with Gasteiger partial charge in [-0.25, -0.2) is 0 Å². The summed E-state index contributed by atoms with van der Waals surface area (Å²) in [6.07, 6.45) is 1.46. The Balaban J connectivity index is 2.27. The zero-order valence-electron chi connectivity index (χ0n) is 13.6. The quantitative estimate of drug-likeness (QED) is 0.292. The molecule has 23 heavy (non-hydrogen) atoms. The Hall–Kier alpha value is -1.99. The van der Waals surface area contributed by atoms with Gasteiger partial charge in [-0.3, -0.25) is 14.9 Å². The van der Waals surface area contributed by atoms with E-state index in [0.717, 1.165) is 18.4 Å². The molecule has 0 atom stereocenters. The molecule has 1 rings (SSSR count). The molecule has 1 N–H and O–H groups in total. The number of nitro benzene ring substituents is 1. The number of nitrogens with zero attached hydrogens (tertiary/aromatic N) is 1. The van der Waals surface area contributed by atoms with Gasteiger partial charge in [0.25, 0.3) is 5.69 Å². The fourth-order valence-corrected chi connectivity index (χ4v) is 2.07. The first kappa shape index (κ1) is 19.1. The van der Waals surface area contributed by atoms with Gasteiger partial charge < -0.3 is 14.8 Å². The van der Waals surface area contributed by atoms with E-state index in [-0.39, 0.29) is 24.3 Å². The topological polar surface area (TPSA) is 90.7 Å². The first-order valence-electron chi connectivity index (χ1n) is 7.80. The molecule has 128 valence electrons. The molecule has 0 bridgehead atoms. The molecule has 7 nitrogen and oxygen atoms in total. The van der Waals surface area contributed by atoms with Crippen molar-refractivity contribution in [2.45, 2.75) is 39.4 Å². The molecule has 7 heteroatoms. The number of carbonyl (C=O) groups excluding carboxylic acids is 1. The molecule has 1 amide bonds. The number of amides is 1. The van der Waals surface area contributed by atoms with Crippen LogP contribution in [0, 0.1) is 10.1 Å². The van der Waals surface area contributed by atoms with Crippen LogP contribution in [0.15, 0.2) is 24.3 Å². The van der Waals surface area contributed by atoms with E-state index < -0.39 is 4.92 Å². The van der Waals surface area contributed by atoms with Crippen LogP contribution < -0.4 is 5.32 Å². The first-order chi connectivity index (χ1) is 11.1. The highest BCUT2D eigenvalue weighted by atomic mass is 16.7. The lowest BCUT2D eigenvalue weighted by molar-refractivity contribution is -0.384. The Morgan fingerprint density at radius 1 is 1.22 bits per heavy atom. The molecular formula is C16H24N2O5. The maximum absolute atomic E-state index is 11.8. The maximum Gasteiger partial charge on any atom is 0.269 e. The molecule has 0 heterocycles. The lowest BCUT2D eigenvalue weighted by atomic mass is 10.1. The van der Waals surface area contributed by atoms with Crippen molar-refractivity contribution in [1.29, 1.82) is 0 Å². The lowest BCUT2D eigenvalue weighted by Crippen LogP contribution is -2.27. The van der Waals surface area contributed by atoms with E-state index in [1.807, 2.05) is 13.8 Å². The average molecular weight is 324 g/mol. The third-order valence-electron chi connectivity index (χ3n) is 3.16. The number of ether oxygens (including phenoxy) is 2. The van der Waals surface area contributed by atoms with Gasteiger partial charge in [-0.1, -0.05) is 12.1 Å². The third kappa shape index (κ3) is 7.71. The van der Waals surface area contributed by atoms with E-state index in [1.165, 1.54) is 12.1 Å². The number of nitro groups is 1. The summed E-state index contributed by atoms with van der Waals surface area (Å²) in [4.78, 5) is 21.9. The molecule has 0 saturated carbocycles. The van der Waals surface area contributed by atoms with Crippen LogP contribution in [0.3, 0.4) is 0 Å². The van der Waals surface area contributed by atoms with Gasteiger partial charge in [0, 0.05) is 38.3 Å². The van der Waals surface area contributed by atoms with E-state index in [9.17, 15) is 14.9 Å². The summed E-state index contributed by atoms with van der Waals surface area (Å²) in [7, 11) is 0. The standard InChI is InChI=1S/C16H24N2O5/c1-3-22-16(23-4-2)6-5-11-17-15(19)12-13-7-9-14(10-8-13)18(20)21/h7-10,16H,3-6,11-12H2,1-2H3,(H,17,19). The number of benzene rings is 1. The Morgan fingerprint density at radius 2 is 1.83 bits per heavy atom. The van der Waals surface area contributed by atoms with Crippen LogP contribution in [-0.4, -0.2) is 36.9 Å². The third-order valence-corrected chi connectivity index (χ3v) is 3.16. The second kappa shape index (κ2) is 10.7. The molecule has 1 aromatic rings. The van der Waals surface area contributed by atoms with Crippen molar-refractivity contribution < 1.29 is 19.2 Å². The monoisotopic (exact) mass is 324 g/mol. The van der Waals surface area contributed by atoms with Crippen LogP contribution in [0.2, 0.25) is 0 Å². The highest BCUT2D eigenvalue weighted by Gasteiger charge is 2.09. The Kier molecular flexibility index (Phi) is 8.86. The Labute approximate surface area is 136 Å². The van der Waals surface area contributed by atoms with Gasteiger partial charge in [-0.05, 0) is 25.8 Å². The van der Waals surface area contributed by atoms with Crippen LogP contribution in [0.25, 0.3) is 0 Å². The highest BCUT2D eigenvalue weighted by Crippen LogP contribution is 2.12. The van der Waals surface area contributed by atoms with Crippen LogP contribution in [-0.2, 0) is 20.7 Å². The van der Waals surface area contributed by atoms with Crippen molar-refractivity contribution in [1.82, 2.24) is 5.32 Å². The van der Waals surface area contributed by atoms with Gasteiger partial charge in [0.2, 0.25) is 5.91 Å². The molecular weight excluding hydrogens is 300 g/mol. The lowest BCUT2D eigenvalue weighted by Gasteiger charge is -2.16. The van der Waals surface area contributed by atoms with Gasteiger partial charge in [-0.2, -0.15) is 0 Å². The Morgan fingerprint density at radius 3 is 2.35 bits per heavy atom. The first-order valence-corrected chi connectivity index (χ1v) is 7.80.